The quantitative estimate of drug-likeness (QED) is 0.678. The Bertz CT molecular complexity index is 844. The Hall–Kier alpha value is -2.08. The number of amides is 2. The molecule has 3 aliphatic rings. The summed E-state index contributed by atoms with van der Waals surface area (Å²) in [5.74, 6) is 1.41. The van der Waals surface area contributed by atoms with E-state index in [1.54, 1.807) is 0 Å². The normalized spacial score (nSPS) is 30.8. The van der Waals surface area contributed by atoms with Crippen LogP contribution in [-0.4, -0.2) is 65.7 Å². The summed E-state index contributed by atoms with van der Waals surface area (Å²) in [6, 6.07) is 10.9. The van der Waals surface area contributed by atoms with E-state index in [1.165, 1.54) is 31.2 Å². The van der Waals surface area contributed by atoms with Crippen LogP contribution in [-0.2, 0) is 9.53 Å². The third-order valence-electron chi connectivity index (χ3n) is 7.98. The number of hydrogen-bond donors (Lipinski definition) is 1. The molecule has 2 saturated heterocycles. The molecule has 1 aromatic carbocycles. The van der Waals surface area contributed by atoms with E-state index >= 15 is 0 Å². The first-order valence-corrected chi connectivity index (χ1v) is 13.2. The van der Waals surface area contributed by atoms with Gasteiger partial charge >= 0.3 is 6.09 Å². The second kappa shape index (κ2) is 10.3. The number of piperidine rings is 1. The van der Waals surface area contributed by atoms with E-state index in [9.17, 15) is 9.59 Å². The Kier molecular flexibility index (Phi) is 7.56. The maximum absolute atomic E-state index is 13.2. The molecule has 34 heavy (non-hydrogen) atoms. The fraction of sp³-hybridized carbons (Fsp3) is 0.714. The summed E-state index contributed by atoms with van der Waals surface area (Å²) in [5, 5.41) is 3.35. The molecule has 0 bridgehead atoms. The first-order valence-electron chi connectivity index (χ1n) is 13.2. The molecule has 6 nitrogen and oxygen atoms in total. The van der Waals surface area contributed by atoms with Crippen molar-refractivity contribution in [3.8, 4) is 0 Å². The molecule has 1 aromatic rings. The van der Waals surface area contributed by atoms with E-state index in [-0.39, 0.29) is 23.6 Å². The van der Waals surface area contributed by atoms with Gasteiger partial charge in [0.2, 0.25) is 5.91 Å². The number of ether oxygens (including phenoxy) is 1. The molecule has 2 heterocycles. The smallest absolute Gasteiger partial charge is 0.410 e. The number of hydrogen-bond acceptors (Lipinski definition) is 4. The number of benzene rings is 1. The van der Waals surface area contributed by atoms with Crippen LogP contribution in [0.4, 0.5) is 4.79 Å². The molecule has 6 heteroatoms. The van der Waals surface area contributed by atoms with Gasteiger partial charge in [-0.15, -0.1) is 0 Å². The van der Waals surface area contributed by atoms with Gasteiger partial charge in [-0.1, -0.05) is 30.3 Å². The third kappa shape index (κ3) is 5.94. The van der Waals surface area contributed by atoms with Crippen molar-refractivity contribution < 1.29 is 14.3 Å². The van der Waals surface area contributed by atoms with Crippen molar-refractivity contribution in [1.82, 2.24) is 15.1 Å². The van der Waals surface area contributed by atoms with E-state index < -0.39 is 5.60 Å². The predicted octanol–water partition coefficient (Wildman–Crippen LogP) is 4.94. The minimum absolute atomic E-state index is 0.0327. The monoisotopic (exact) mass is 469 g/mol. The number of carbonyl (C=O) groups excluding carboxylic acids is 2. The van der Waals surface area contributed by atoms with E-state index in [2.05, 4.69) is 40.5 Å². The van der Waals surface area contributed by atoms with Crippen molar-refractivity contribution in [2.45, 2.75) is 95.2 Å². The van der Waals surface area contributed by atoms with Gasteiger partial charge in [-0.2, -0.15) is 0 Å². The van der Waals surface area contributed by atoms with Gasteiger partial charge in [0.1, 0.15) is 5.60 Å². The number of likely N-dealkylation sites (N-methyl/N-ethyl adjacent to an activating group) is 1. The second-order valence-electron chi connectivity index (χ2n) is 11.9. The average Bonchev–Trinajstić information content (AvgIpc) is 2.77. The van der Waals surface area contributed by atoms with Crippen molar-refractivity contribution in [3.05, 3.63) is 35.9 Å². The molecule has 2 amide bonds. The fourth-order valence-electron chi connectivity index (χ4n) is 6.53. The van der Waals surface area contributed by atoms with Crippen molar-refractivity contribution >= 4 is 12.0 Å². The Balaban J connectivity index is 1.45. The summed E-state index contributed by atoms with van der Waals surface area (Å²) in [4.78, 5) is 29.9. The predicted molar refractivity (Wildman–Crippen MR) is 135 cm³/mol. The standard InChI is InChI=1S/C28H43N3O3/c1-27(2,3)34-26(33)31-18-8-17-28(20-30(4)19-25(32)29-28)24(31)16-13-21-11-14-23(15-12-21)22-9-6-5-7-10-22/h5-7,9-10,21,23-24H,8,11-20H2,1-4H3,(H,29,32). The van der Waals surface area contributed by atoms with Gasteiger partial charge in [0.05, 0.1) is 18.1 Å². The highest BCUT2D eigenvalue weighted by Gasteiger charge is 2.50. The molecule has 2 aliphatic heterocycles. The highest BCUT2D eigenvalue weighted by molar-refractivity contribution is 5.80. The van der Waals surface area contributed by atoms with Crippen molar-refractivity contribution in [1.29, 1.82) is 0 Å². The van der Waals surface area contributed by atoms with Crippen molar-refractivity contribution in [2.24, 2.45) is 5.92 Å². The zero-order valence-electron chi connectivity index (χ0n) is 21.5. The highest BCUT2D eigenvalue weighted by atomic mass is 16.6. The lowest BCUT2D eigenvalue weighted by atomic mass is 9.73. The van der Waals surface area contributed by atoms with Crippen LogP contribution < -0.4 is 5.32 Å². The number of rotatable bonds is 4. The Morgan fingerprint density at radius 2 is 1.82 bits per heavy atom. The van der Waals surface area contributed by atoms with Gasteiger partial charge in [0.15, 0.2) is 0 Å². The molecule has 1 aliphatic carbocycles. The van der Waals surface area contributed by atoms with Crippen LogP contribution >= 0.6 is 0 Å². The molecule has 1 spiro atoms. The Morgan fingerprint density at radius 3 is 2.47 bits per heavy atom. The lowest BCUT2D eigenvalue weighted by Crippen LogP contribution is -2.73. The molecule has 0 aromatic heterocycles. The van der Waals surface area contributed by atoms with Crippen molar-refractivity contribution in [2.75, 3.05) is 26.7 Å². The molecule has 2 unspecified atom stereocenters. The molecule has 3 fully saturated rings. The highest BCUT2D eigenvalue weighted by Crippen LogP contribution is 2.40. The summed E-state index contributed by atoms with van der Waals surface area (Å²) >= 11 is 0. The van der Waals surface area contributed by atoms with E-state index in [0.29, 0.717) is 24.9 Å². The summed E-state index contributed by atoms with van der Waals surface area (Å²) in [6.45, 7) is 7.65. The van der Waals surface area contributed by atoms with Gasteiger partial charge in [-0.25, -0.2) is 4.79 Å². The van der Waals surface area contributed by atoms with Crippen LogP contribution in [0.1, 0.15) is 83.6 Å². The van der Waals surface area contributed by atoms with Gasteiger partial charge in [0.25, 0.3) is 0 Å². The molecule has 188 valence electrons. The summed E-state index contributed by atoms with van der Waals surface area (Å²) in [6.07, 6.45) is 8.49. The van der Waals surface area contributed by atoms with Gasteiger partial charge < -0.3 is 15.0 Å². The maximum atomic E-state index is 13.2. The largest absolute Gasteiger partial charge is 0.444 e. The number of carbonyl (C=O) groups is 2. The van der Waals surface area contributed by atoms with Crippen LogP contribution in [0.5, 0.6) is 0 Å². The molecular formula is C28H43N3O3. The van der Waals surface area contributed by atoms with Crippen LogP contribution in [0.3, 0.4) is 0 Å². The lowest BCUT2D eigenvalue weighted by Gasteiger charge is -2.53. The fourth-order valence-corrected chi connectivity index (χ4v) is 6.53. The van der Waals surface area contributed by atoms with E-state index in [4.69, 9.17) is 4.74 Å². The molecular weight excluding hydrogens is 426 g/mol. The number of likely N-dealkylation sites (tertiary alicyclic amines) is 1. The van der Waals surface area contributed by atoms with E-state index in [0.717, 1.165) is 32.2 Å². The summed E-state index contributed by atoms with van der Waals surface area (Å²) < 4.78 is 5.81. The summed E-state index contributed by atoms with van der Waals surface area (Å²) in [7, 11) is 2.01. The van der Waals surface area contributed by atoms with Crippen LogP contribution in [0.2, 0.25) is 0 Å². The molecule has 1 saturated carbocycles. The van der Waals surface area contributed by atoms with Gasteiger partial charge in [0, 0.05) is 13.1 Å². The maximum Gasteiger partial charge on any atom is 0.410 e. The molecule has 2 atom stereocenters. The van der Waals surface area contributed by atoms with Gasteiger partial charge in [-0.05, 0) is 96.6 Å². The minimum atomic E-state index is -0.533. The van der Waals surface area contributed by atoms with Crippen LogP contribution in [0, 0.1) is 5.92 Å². The zero-order valence-corrected chi connectivity index (χ0v) is 21.5. The number of nitrogens with one attached hydrogen (secondary N) is 1. The zero-order chi connectivity index (χ0) is 24.3. The number of piperazine rings is 1. The first kappa shape index (κ1) is 25.0. The SMILES string of the molecule is CN1CC(=O)NC2(CCCN(C(=O)OC(C)(C)C)C2CCC2CCC(c3ccccc3)CC2)C1. The van der Waals surface area contributed by atoms with Crippen molar-refractivity contribution in [3.63, 3.8) is 0 Å². The molecule has 4 rings (SSSR count). The van der Waals surface area contributed by atoms with Crippen LogP contribution in [0.15, 0.2) is 30.3 Å². The first-order chi connectivity index (χ1) is 16.2. The number of nitrogens with zero attached hydrogens (tertiary/aromatic N) is 2. The Morgan fingerprint density at radius 1 is 1.12 bits per heavy atom. The third-order valence-corrected chi connectivity index (χ3v) is 7.98. The topological polar surface area (TPSA) is 61.9 Å². The van der Waals surface area contributed by atoms with Crippen LogP contribution in [0.25, 0.3) is 0 Å². The summed E-state index contributed by atoms with van der Waals surface area (Å²) in [5.41, 5.74) is 0.547. The molecule has 1 N–H and O–H groups in total. The van der Waals surface area contributed by atoms with Gasteiger partial charge in [-0.3, -0.25) is 9.69 Å². The Labute approximate surface area is 205 Å². The second-order valence-corrected chi connectivity index (χ2v) is 11.9. The molecule has 0 radical (unpaired) electrons. The van der Waals surface area contributed by atoms with E-state index in [1.807, 2.05) is 32.7 Å². The average molecular weight is 470 g/mol. The lowest BCUT2D eigenvalue weighted by molar-refractivity contribution is -0.131. The minimum Gasteiger partial charge on any atom is -0.444 e.